The smallest absolute Gasteiger partial charge is 0.265 e. The number of hydrogen-bond donors (Lipinski definition) is 1. The van der Waals surface area contributed by atoms with Gasteiger partial charge in [0.15, 0.2) is 6.10 Å². The van der Waals surface area contributed by atoms with Gasteiger partial charge in [0.05, 0.1) is 0 Å². The third kappa shape index (κ3) is 4.12. The molecule has 1 aliphatic rings. The zero-order valence-corrected chi connectivity index (χ0v) is 16.7. The average molecular weight is 408 g/mol. The molecule has 1 aliphatic heterocycles. The van der Waals surface area contributed by atoms with E-state index in [1.807, 2.05) is 84.9 Å². The van der Waals surface area contributed by atoms with Gasteiger partial charge in [0.2, 0.25) is 5.88 Å². The molecule has 0 radical (unpaired) electrons. The largest absolute Gasteiger partial charge is 0.464 e. The fourth-order valence-electron chi connectivity index (χ4n) is 3.65. The molecule has 5 heteroatoms. The van der Waals surface area contributed by atoms with Crippen LogP contribution in [0.1, 0.15) is 5.56 Å². The van der Waals surface area contributed by atoms with E-state index < -0.39 is 6.10 Å². The van der Waals surface area contributed by atoms with Crippen molar-refractivity contribution in [3.05, 3.63) is 103 Å². The van der Waals surface area contributed by atoms with E-state index in [0.29, 0.717) is 23.7 Å². The van der Waals surface area contributed by atoms with Crippen LogP contribution in [-0.2, 0) is 11.2 Å². The maximum atomic E-state index is 12.9. The molecule has 0 aliphatic carbocycles. The van der Waals surface area contributed by atoms with Gasteiger partial charge in [-0.05, 0) is 41.5 Å². The molecule has 5 nitrogen and oxygen atoms in total. The second-order valence-corrected chi connectivity index (χ2v) is 7.25. The number of rotatable bonds is 5. The first-order valence-corrected chi connectivity index (χ1v) is 10.1. The Morgan fingerprint density at radius 1 is 0.903 bits per heavy atom. The zero-order chi connectivity index (χ0) is 21.0. The first-order valence-electron chi connectivity index (χ1n) is 10.1. The van der Waals surface area contributed by atoms with E-state index in [4.69, 9.17) is 9.47 Å². The second-order valence-electron chi connectivity index (χ2n) is 7.25. The molecule has 3 aromatic carbocycles. The van der Waals surface area contributed by atoms with Crippen molar-refractivity contribution in [3.8, 4) is 28.5 Å². The van der Waals surface area contributed by atoms with Gasteiger partial charge in [-0.3, -0.25) is 4.79 Å². The molecule has 0 saturated heterocycles. The Morgan fingerprint density at radius 3 is 2.45 bits per heavy atom. The number of nitrogens with one attached hydrogen (secondary N) is 1. The quantitative estimate of drug-likeness (QED) is 0.475. The molecule has 1 unspecified atom stereocenters. The van der Waals surface area contributed by atoms with Crippen LogP contribution in [0.25, 0.3) is 11.1 Å². The highest BCUT2D eigenvalue weighted by Gasteiger charge is 2.32. The predicted octanol–water partition coefficient (Wildman–Crippen LogP) is 5.48. The second kappa shape index (κ2) is 8.32. The summed E-state index contributed by atoms with van der Waals surface area (Å²) in [5, 5.41) is 2.93. The summed E-state index contributed by atoms with van der Waals surface area (Å²) >= 11 is 0. The highest BCUT2D eigenvalue weighted by molar-refractivity contribution is 5.95. The normalized spacial score (nSPS) is 14.4. The van der Waals surface area contributed by atoms with Gasteiger partial charge in [0.25, 0.3) is 5.91 Å². The number of para-hydroxylation sites is 1. The fraction of sp³-hybridized carbons (Fsp3) is 0.0769. The van der Waals surface area contributed by atoms with Crippen molar-refractivity contribution in [2.45, 2.75) is 12.5 Å². The summed E-state index contributed by atoms with van der Waals surface area (Å²) in [4.78, 5) is 17.2. The van der Waals surface area contributed by atoms with Crippen LogP contribution in [0.2, 0.25) is 0 Å². The van der Waals surface area contributed by atoms with E-state index in [-0.39, 0.29) is 5.91 Å². The van der Waals surface area contributed by atoms with Crippen molar-refractivity contribution >= 4 is 11.6 Å². The summed E-state index contributed by atoms with van der Waals surface area (Å²) in [7, 11) is 0. The Morgan fingerprint density at radius 2 is 1.65 bits per heavy atom. The Balaban J connectivity index is 1.30. The minimum Gasteiger partial charge on any atom is -0.464 e. The van der Waals surface area contributed by atoms with E-state index in [1.165, 1.54) is 0 Å². The minimum atomic E-state index is -0.633. The van der Waals surface area contributed by atoms with Crippen molar-refractivity contribution in [2.75, 3.05) is 5.32 Å². The van der Waals surface area contributed by atoms with Crippen LogP contribution >= 0.6 is 0 Å². The number of amides is 1. The summed E-state index contributed by atoms with van der Waals surface area (Å²) in [5.41, 5.74) is 3.72. The van der Waals surface area contributed by atoms with Crippen LogP contribution < -0.4 is 14.8 Å². The number of carbonyl (C=O) groups excluding carboxylic acids is 1. The summed E-state index contributed by atoms with van der Waals surface area (Å²) < 4.78 is 11.7. The van der Waals surface area contributed by atoms with Crippen molar-refractivity contribution in [1.82, 2.24) is 4.98 Å². The lowest BCUT2D eigenvalue weighted by atomic mass is 9.99. The van der Waals surface area contributed by atoms with Gasteiger partial charge in [-0.2, -0.15) is 0 Å². The summed E-state index contributed by atoms with van der Waals surface area (Å²) in [5.74, 6) is 1.68. The average Bonchev–Trinajstić information content (AvgIpc) is 3.25. The Hall–Kier alpha value is -4.12. The van der Waals surface area contributed by atoms with Crippen LogP contribution in [0.4, 0.5) is 5.69 Å². The molecule has 4 aromatic rings. The van der Waals surface area contributed by atoms with Gasteiger partial charge >= 0.3 is 0 Å². The number of nitrogens with zero attached hydrogens (tertiary/aromatic N) is 1. The Bertz CT molecular complexity index is 1210. The van der Waals surface area contributed by atoms with Crippen LogP contribution in [0, 0.1) is 0 Å². The topological polar surface area (TPSA) is 60.5 Å². The SMILES string of the molecule is O=C(Nc1cccc(Oc2ccccc2)c1)C1Cc2c(-c3ccccc3)ccnc2O1. The van der Waals surface area contributed by atoms with Crippen LogP contribution in [0.5, 0.6) is 17.4 Å². The molecule has 0 saturated carbocycles. The first-order chi connectivity index (χ1) is 15.3. The molecule has 1 aromatic heterocycles. The van der Waals surface area contributed by atoms with E-state index in [9.17, 15) is 4.79 Å². The molecular formula is C26H20N2O3. The van der Waals surface area contributed by atoms with Gasteiger partial charge in [-0.1, -0.05) is 54.6 Å². The van der Waals surface area contributed by atoms with E-state index in [1.54, 1.807) is 12.3 Å². The summed E-state index contributed by atoms with van der Waals surface area (Å²) in [6.45, 7) is 0. The van der Waals surface area contributed by atoms with Crippen molar-refractivity contribution in [1.29, 1.82) is 0 Å². The lowest BCUT2D eigenvalue weighted by Crippen LogP contribution is -2.31. The number of fused-ring (bicyclic) bond motifs is 1. The van der Waals surface area contributed by atoms with E-state index in [2.05, 4.69) is 10.3 Å². The maximum absolute atomic E-state index is 12.9. The number of pyridine rings is 1. The maximum Gasteiger partial charge on any atom is 0.265 e. The zero-order valence-electron chi connectivity index (χ0n) is 16.7. The van der Waals surface area contributed by atoms with Crippen LogP contribution in [0.15, 0.2) is 97.2 Å². The standard InChI is InChI=1S/C26H20N2O3/c29-25(28-19-10-7-13-21(16-19)30-20-11-5-2-6-12-20)24-17-23-22(14-15-27-26(23)31-24)18-8-3-1-4-9-18/h1-16,24H,17H2,(H,28,29). The summed E-state index contributed by atoms with van der Waals surface area (Å²) in [6.07, 6.45) is 1.55. The Kier molecular flexibility index (Phi) is 5.07. The van der Waals surface area contributed by atoms with Gasteiger partial charge in [0, 0.05) is 29.9 Å². The van der Waals surface area contributed by atoms with Gasteiger partial charge in [-0.15, -0.1) is 0 Å². The molecule has 1 N–H and O–H groups in total. The number of ether oxygens (including phenoxy) is 2. The molecule has 1 atom stereocenters. The first kappa shape index (κ1) is 18.9. The molecule has 31 heavy (non-hydrogen) atoms. The van der Waals surface area contributed by atoms with Gasteiger partial charge in [0.1, 0.15) is 11.5 Å². The van der Waals surface area contributed by atoms with Gasteiger partial charge in [-0.25, -0.2) is 4.98 Å². The lowest BCUT2D eigenvalue weighted by Gasteiger charge is -2.12. The molecule has 1 amide bonds. The monoisotopic (exact) mass is 408 g/mol. The highest BCUT2D eigenvalue weighted by Crippen LogP contribution is 2.35. The number of carbonyl (C=O) groups is 1. The third-order valence-corrected chi connectivity index (χ3v) is 5.12. The number of hydrogen-bond acceptors (Lipinski definition) is 4. The summed E-state index contributed by atoms with van der Waals surface area (Å²) in [6, 6.07) is 28.8. The van der Waals surface area contributed by atoms with Crippen molar-refractivity contribution in [2.24, 2.45) is 0 Å². The molecule has 0 spiro atoms. The minimum absolute atomic E-state index is 0.214. The fourth-order valence-corrected chi connectivity index (χ4v) is 3.65. The third-order valence-electron chi connectivity index (χ3n) is 5.12. The van der Waals surface area contributed by atoms with Crippen LogP contribution in [0.3, 0.4) is 0 Å². The number of benzene rings is 3. The predicted molar refractivity (Wildman–Crippen MR) is 119 cm³/mol. The molecule has 152 valence electrons. The van der Waals surface area contributed by atoms with Crippen molar-refractivity contribution < 1.29 is 14.3 Å². The molecule has 2 heterocycles. The molecule has 0 bridgehead atoms. The lowest BCUT2D eigenvalue weighted by molar-refractivity contribution is -0.122. The number of aromatic nitrogens is 1. The Labute approximate surface area is 180 Å². The highest BCUT2D eigenvalue weighted by atomic mass is 16.5. The van der Waals surface area contributed by atoms with E-state index in [0.717, 1.165) is 22.4 Å². The van der Waals surface area contributed by atoms with E-state index >= 15 is 0 Å². The molecule has 5 rings (SSSR count). The number of anilines is 1. The molecular weight excluding hydrogens is 388 g/mol. The van der Waals surface area contributed by atoms with Crippen LogP contribution in [-0.4, -0.2) is 17.0 Å². The van der Waals surface area contributed by atoms with Gasteiger partial charge < -0.3 is 14.8 Å². The van der Waals surface area contributed by atoms with Crippen molar-refractivity contribution in [3.63, 3.8) is 0 Å². The molecule has 0 fully saturated rings.